The minimum atomic E-state index is -0.953. The van der Waals surface area contributed by atoms with Crippen molar-refractivity contribution < 1.29 is 19.1 Å². The number of carbonyl (C=O) groups is 2. The Bertz CT molecular complexity index is 533. The largest absolute Gasteiger partial charge is 0.480 e. The number of anilines is 1. The zero-order valence-electron chi connectivity index (χ0n) is 10.9. The molecule has 0 unspecified atom stereocenters. The van der Waals surface area contributed by atoms with Crippen molar-refractivity contribution in [3.8, 4) is 0 Å². The molecule has 0 radical (unpaired) electrons. The van der Waals surface area contributed by atoms with Crippen LogP contribution in [0.2, 0.25) is 0 Å². The molecule has 2 aliphatic carbocycles. The Balaban J connectivity index is 1.50. The first-order valence-corrected chi connectivity index (χ1v) is 6.71. The predicted octanol–water partition coefficient (Wildman–Crippen LogP) is 0.482. The van der Waals surface area contributed by atoms with Crippen LogP contribution in [0, 0.1) is 0 Å². The van der Waals surface area contributed by atoms with Gasteiger partial charge in [0.15, 0.2) is 0 Å². The Morgan fingerprint density at radius 1 is 1.35 bits per heavy atom. The normalized spacial score (nSPS) is 20.2. The van der Waals surface area contributed by atoms with E-state index in [0.29, 0.717) is 24.7 Å². The van der Waals surface area contributed by atoms with Crippen molar-refractivity contribution in [2.24, 2.45) is 0 Å². The predicted molar refractivity (Wildman–Crippen MR) is 67.1 cm³/mol. The number of carboxylic acid groups (broad SMARTS) is 1. The topological polar surface area (TPSA) is 117 Å². The fraction of sp³-hybridized carbons (Fsp3) is 0.667. The second-order valence-electron chi connectivity index (χ2n) is 5.36. The lowest BCUT2D eigenvalue weighted by Gasteiger charge is -2.38. The SMILES string of the molecule is O=C(CNC1(C(=O)O)CCC1)Nc1nnc(C2CC2)o1. The lowest BCUT2D eigenvalue weighted by molar-refractivity contribution is -0.148. The Hall–Kier alpha value is -1.96. The third-order valence-electron chi connectivity index (χ3n) is 3.82. The monoisotopic (exact) mass is 280 g/mol. The van der Waals surface area contributed by atoms with Gasteiger partial charge in [-0.3, -0.25) is 20.2 Å². The van der Waals surface area contributed by atoms with E-state index < -0.39 is 11.5 Å². The average molecular weight is 280 g/mol. The summed E-state index contributed by atoms with van der Waals surface area (Å²) in [5, 5.41) is 22.0. The molecule has 1 amide bonds. The molecule has 0 bridgehead atoms. The van der Waals surface area contributed by atoms with Crippen LogP contribution in [-0.4, -0.2) is 39.3 Å². The fourth-order valence-electron chi connectivity index (χ4n) is 2.19. The quantitative estimate of drug-likeness (QED) is 0.693. The highest BCUT2D eigenvalue weighted by Gasteiger charge is 2.44. The number of aromatic nitrogens is 2. The molecule has 0 spiro atoms. The van der Waals surface area contributed by atoms with Gasteiger partial charge in [-0.2, -0.15) is 0 Å². The summed E-state index contributed by atoms with van der Waals surface area (Å²) in [4.78, 5) is 22.8. The Labute approximate surface area is 114 Å². The number of amides is 1. The maximum atomic E-state index is 11.7. The van der Waals surface area contributed by atoms with Gasteiger partial charge in [0.25, 0.3) is 0 Å². The number of carboxylic acids is 1. The number of hydrogen-bond acceptors (Lipinski definition) is 6. The molecule has 2 aliphatic rings. The zero-order chi connectivity index (χ0) is 14.2. The van der Waals surface area contributed by atoms with E-state index in [1.165, 1.54) is 0 Å². The summed E-state index contributed by atoms with van der Waals surface area (Å²) in [7, 11) is 0. The van der Waals surface area contributed by atoms with Gasteiger partial charge in [0.05, 0.1) is 6.54 Å². The molecule has 1 aromatic rings. The first kappa shape index (κ1) is 13.0. The van der Waals surface area contributed by atoms with Gasteiger partial charge in [-0.05, 0) is 32.1 Å². The summed E-state index contributed by atoms with van der Waals surface area (Å²) >= 11 is 0. The summed E-state index contributed by atoms with van der Waals surface area (Å²) in [6, 6.07) is 0.0664. The van der Waals surface area contributed by atoms with Crippen molar-refractivity contribution in [3.63, 3.8) is 0 Å². The lowest BCUT2D eigenvalue weighted by atomic mass is 9.77. The first-order valence-electron chi connectivity index (χ1n) is 6.71. The van der Waals surface area contributed by atoms with E-state index >= 15 is 0 Å². The number of hydrogen-bond donors (Lipinski definition) is 3. The van der Waals surface area contributed by atoms with Crippen LogP contribution in [0.3, 0.4) is 0 Å². The van der Waals surface area contributed by atoms with Crippen molar-refractivity contribution in [3.05, 3.63) is 5.89 Å². The van der Waals surface area contributed by atoms with Crippen molar-refractivity contribution >= 4 is 17.9 Å². The Morgan fingerprint density at radius 2 is 2.10 bits per heavy atom. The van der Waals surface area contributed by atoms with Crippen LogP contribution in [0.15, 0.2) is 4.42 Å². The molecule has 0 aromatic carbocycles. The third kappa shape index (κ3) is 2.51. The maximum Gasteiger partial charge on any atom is 0.323 e. The van der Waals surface area contributed by atoms with Gasteiger partial charge in [-0.1, -0.05) is 5.10 Å². The number of nitrogens with one attached hydrogen (secondary N) is 2. The second kappa shape index (κ2) is 4.86. The summed E-state index contributed by atoms with van der Waals surface area (Å²) < 4.78 is 5.30. The summed E-state index contributed by atoms with van der Waals surface area (Å²) in [6.07, 6.45) is 4.02. The zero-order valence-corrected chi connectivity index (χ0v) is 10.9. The molecule has 3 N–H and O–H groups in total. The van der Waals surface area contributed by atoms with Crippen LogP contribution in [-0.2, 0) is 9.59 Å². The van der Waals surface area contributed by atoms with E-state index in [9.17, 15) is 9.59 Å². The van der Waals surface area contributed by atoms with Crippen LogP contribution in [0.4, 0.5) is 6.01 Å². The number of aliphatic carboxylic acids is 1. The molecule has 8 nitrogen and oxygen atoms in total. The van der Waals surface area contributed by atoms with E-state index in [-0.39, 0.29) is 18.5 Å². The van der Waals surface area contributed by atoms with E-state index in [1.54, 1.807) is 0 Å². The van der Waals surface area contributed by atoms with Crippen molar-refractivity contribution in [2.45, 2.75) is 43.6 Å². The van der Waals surface area contributed by atoms with Crippen molar-refractivity contribution in [2.75, 3.05) is 11.9 Å². The molecule has 0 saturated heterocycles. The van der Waals surface area contributed by atoms with Gasteiger partial charge in [0.2, 0.25) is 11.8 Å². The molecule has 20 heavy (non-hydrogen) atoms. The number of carbonyl (C=O) groups excluding carboxylic acids is 1. The van der Waals surface area contributed by atoms with Crippen LogP contribution in [0.1, 0.15) is 43.9 Å². The van der Waals surface area contributed by atoms with Gasteiger partial charge in [-0.25, -0.2) is 0 Å². The fourth-order valence-corrected chi connectivity index (χ4v) is 2.19. The van der Waals surface area contributed by atoms with Gasteiger partial charge in [-0.15, -0.1) is 5.10 Å². The molecule has 1 aromatic heterocycles. The minimum Gasteiger partial charge on any atom is -0.480 e. The molecule has 3 rings (SSSR count). The molecule has 1 heterocycles. The van der Waals surface area contributed by atoms with Crippen LogP contribution in [0.5, 0.6) is 0 Å². The van der Waals surface area contributed by atoms with Crippen LogP contribution < -0.4 is 10.6 Å². The second-order valence-corrected chi connectivity index (χ2v) is 5.36. The Morgan fingerprint density at radius 3 is 2.65 bits per heavy atom. The molecular formula is C12H16N4O4. The summed E-state index contributed by atoms with van der Waals surface area (Å²) in [6.45, 7) is -0.0898. The standard InChI is InChI=1S/C12H16N4O4/c17-8(6-13-12(10(18)19)4-1-5-12)14-11-16-15-9(20-11)7-2-3-7/h7,13H,1-6H2,(H,18,19)(H,14,16,17). The number of rotatable bonds is 6. The van der Waals surface area contributed by atoms with Gasteiger partial charge < -0.3 is 9.52 Å². The van der Waals surface area contributed by atoms with E-state index in [0.717, 1.165) is 19.3 Å². The molecule has 108 valence electrons. The van der Waals surface area contributed by atoms with Crippen molar-refractivity contribution in [1.29, 1.82) is 0 Å². The lowest BCUT2D eigenvalue weighted by Crippen LogP contribution is -2.58. The molecule has 2 saturated carbocycles. The van der Waals surface area contributed by atoms with Crippen LogP contribution in [0.25, 0.3) is 0 Å². The molecule has 8 heteroatoms. The smallest absolute Gasteiger partial charge is 0.323 e. The summed E-state index contributed by atoms with van der Waals surface area (Å²) in [5.74, 6) is -0.417. The van der Waals surface area contributed by atoms with Crippen molar-refractivity contribution in [1.82, 2.24) is 15.5 Å². The highest BCUT2D eigenvalue weighted by Crippen LogP contribution is 2.39. The summed E-state index contributed by atoms with van der Waals surface area (Å²) in [5.41, 5.74) is -0.953. The maximum absolute atomic E-state index is 11.7. The molecule has 2 fully saturated rings. The van der Waals surface area contributed by atoms with Gasteiger partial charge in [0, 0.05) is 5.92 Å². The molecule has 0 aliphatic heterocycles. The van der Waals surface area contributed by atoms with Gasteiger partial charge in [0.1, 0.15) is 5.54 Å². The van der Waals surface area contributed by atoms with E-state index in [1.807, 2.05) is 0 Å². The van der Waals surface area contributed by atoms with Gasteiger partial charge >= 0.3 is 12.0 Å². The highest BCUT2D eigenvalue weighted by molar-refractivity contribution is 5.91. The Kier molecular flexibility index (Phi) is 3.17. The van der Waals surface area contributed by atoms with E-state index in [4.69, 9.17) is 9.52 Å². The van der Waals surface area contributed by atoms with Crippen LogP contribution >= 0.6 is 0 Å². The molecule has 0 atom stereocenters. The molecular weight excluding hydrogens is 264 g/mol. The first-order chi connectivity index (χ1) is 9.59. The number of nitrogens with zero attached hydrogens (tertiary/aromatic N) is 2. The minimum absolute atomic E-state index is 0.0664. The van der Waals surface area contributed by atoms with E-state index in [2.05, 4.69) is 20.8 Å². The average Bonchev–Trinajstić information content (AvgIpc) is 3.09. The highest BCUT2D eigenvalue weighted by atomic mass is 16.4. The third-order valence-corrected chi connectivity index (χ3v) is 3.82.